The maximum absolute atomic E-state index is 12.4. The monoisotopic (exact) mass is 361 g/mol. The quantitative estimate of drug-likeness (QED) is 0.852. The van der Waals surface area contributed by atoms with Gasteiger partial charge in [0.2, 0.25) is 0 Å². The predicted octanol–water partition coefficient (Wildman–Crippen LogP) is 4.47. The molecule has 1 amide bonds. The average molecular weight is 362 g/mol. The second-order valence-corrected chi connectivity index (χ2v) is 6.39. The van der Waals surface area contributed by atoms with Crippen LogP contribution in [-0.4, -0.2) is 12.0 Å². The first kappa shape index (κ1) is 16.6. The Hall–Kier alpha value is -1.81. The van der Waals surface area contributed by atoms with Crippen LogP contribution >= 0.6 is 15.9 Å². The van der Waals surface area contributed by atoms with Crippen LogP contribution in [-0.2, 0) is 6.54 Å². The molecule has 0 unspecified atom stereocenters. The zero-order valence-electron chi connectivity index (χ0n) is 13.0. The fourth-order valence-corrected chi connectivity index (χ4v) is 2.38. The maximum atomic E-state index is 12.4. The summed E-state index contributed by atoms with van der Waals surface area (Å²) in [5, 5.41) is 2.94. The molecule has 0 spiro atoms. The number of amides is 1. The van der Waals surface area contributed by atoms with E-state index in [2.05, 4.69) is 21.2 Å². The largest absolute Gasteiger partial charge is 0.490 e. The zero-order chi connectivity index (χ0) is 16.1. The van der Waals surface area contributed by atoms with Gasteiger partial charge in [0.05, 0.1) is 11.7 Å². The average Bonchev–Trinajstić information content (AvgIpc) is 2.48. The lowest BCUT2D eigenvalue weighted by molar-refractivity contribution is 0.0945. The van der Waals surface area contributed by atoms with E-state index < -0.39 is 0 Å². The van der Waals surface area contributed by atoms with E-state index in [1.165, 1.54) is 5.56 Å². The molecule has 0 atom stereocenters. The molecule has 22 heavy (non-hydrogen) atoms. The molecular weight excluding hydrogens is 342 g/mol. The van der Waals surface area contributed by atoms with Crippen molar-refractivity contribution in [3.63, 3.8) is 0 Å². The molecule has 116 valence electrons. The topological polar surface area (TPSA) is 38.3 Å². The molecule has 3 nitrogen and oxygen atoms in total. The van der Waals surface area contributed by atoms with Crippen LogP contribution in [0.5, 0.6) is 5.75 Å². The van der Waals surface area contributed by atoms with Crippen LogP contribution in [0.4, 0.5) is 0 Å². The van der Waals surface area contributed by atoms with Gasteiger partial charge in [-0.25, -0.2) is 0 Å². The van der Waals surface area contributed by atoms with Crippen molar-refractivity contribution >= 4 is 21.8 Å². The van der Waals surface area contributed by atoms with E-state index in [-0.39, 0.29) is 12.0 Å². The van der Waals surface area contributed by atoms with Gasteiger partial charge in [-0.05, 0) is 44.5 Å². The summed E-state index contributed by atoms with van der Waals surface area (Å²) in [6.07, 6.45) is 0.0184. The summed E-state index contributed by atoms with van der Waals surface area (Å²) >= 11 is 3.40. The van der Waals surface area contributed by atoms with Gasteiger partial charge in [-0.2, -0.15) is 0 Å². The number of nitrogens with one attached hydrogen (secondary N) is 1. The molecular formula is C18H20BrNO2. The van der Waals surface area contributed by atoms with Crippen molar-refractivity contribution in [3.05, 3.63) is 63.6 Å². The van der Waals surface area contributed by atoms with E-state index in [1.54, 1.807) is 6.07 Å². The highest BCUT2D eigenvalue weighted by atomic mass is 79.9. The lowest BCUT2D eigenvalue weighted by Crippen LogP contribution is -2.24. The van der Waals surface area contributed by atoms with Crippen LogP contribution < -0.4 is 10.1 Å². The Bertz CT molecular complexity index is 651. The number of carbonyl (C=O) groups excluding carboxylic acids is 1. The molecule has 0 aliphatic heterocycles. The van der Waals surface area contributed by atoms with E-state index >= 15 is 0 Å². The highest BCUT2D eigenvalue weighted by Gasteiger charge is 2.14. The summed E-state index contributed by atoms with van der Waals surface area (Å²) in [6, 6.07) is 13.6. The molecule has 0 saturated heterocycles. The third-order valence-electron chi connectivity index (χ3n) is 3.12. The summed E-state index contributed by atoms with van der Waals surface area (Å²) in [6.45, 7) is 6.41. The third-order valence-corrected chi connectivity index (χ3v) is 3.62. The van der Waals surface area contributed by atoms with Crippen molar-refractivity contribution in [1.82, 2.24) is 5.32 Å². The Morgan fingerprint density at radius 2 is 1.86 bits per heavy atom. The van der Waals surface area contributed by atoms with Crippen molar-refractivity contribution in [2.75, 3.05) is 0 Å². The van der Waals surface area contributed by atoms with Crippen molar-refractivity contribution < 1.29 is 9.53 Å². The van der Waals surface area contributed by atoms with E-state index in [0.717, 1.165) is 10.0 Å². The lowest BCUT2D eigenvalue weighted by Gasteiger charge is -2.14. The molecule has 0 aliphatic rings. The Morgan fingerprint density at radius 3 is 2.50 bits per heavy atom. The SMILES string of the molecule is Cc1ccc(CNC(=O)c2cc(Br)ccc2OC(C)C)cc1. The molecule has 0 aliphatic carbocycles. The first-order chi connectivity index (χ1) is 10.5. The van der Waals surface area contributed by atoms with Crippen LogP contribution in [0, 0.1) is 6.92 Å². The predicted molar refractivity (Wildman–Crippen MR) is 92.3 cm³/mol. The number of aryl methyl sites for hydroxylation is 1. The molecule has 0 radical (unpaired) electrons. The fraction of sp³-hybridized carbons (Fsp3) is 0.278. The Labute approximate surface area is 139 Å². The Balaban J connectivity index is 2.11. The Morgan fingerprint density at radius 1 is 1.18 bits per heavy atom. The zero-order valence-corrected chi connectivity index (χ0v) is 14.6. The number of rotatable bonds is 5. The van der Waals surface area contributed by atoms with E-state index in [0.29, 0.717) is 17.9 Å². The molecule has 0 bridgehead atoms. The normalized spacial score (nSPS) is 10.6. The molecule has 0 saturated carbocycles. The van der Waals surface area contributed by atoms with Crippen molar-refractivity contribution in [2.24, 2.45) is 0 Å². The number of halogens is 1. The molecule has 4 heteroatoms. The van der Waals surface area contributed by atoms with Crippen LogP contribution in [0.2, 0.25) is 0 Å². The number of carbonyl (C=O) groups is 1. The van der Waals surface area contributed by atoms with Gasteiger partial charge in [-0.3, -0.25) is 4.79 Å². The van der Waals surface area contributed by atoms with Gasteiger partial charge in [0.1, 0.15) is 5.75 Å². The van der Waals surface area contributed by atoms with Crippen LogP contribution in [0.15, 0.2) is 46.9 Å². The molecule has 0 aromatic heterocycles. The fourth-order valence-electron chi connectivity index (χ4n) is 2.02. The standard InChI is InChI=1S/C18H20BrNO2/c1-12(2)22-17-9-8-15(19)10-16(17)18(21)20-11-14-6-4-13(3)5-7-14/h4-10,12H,11H2,1-3H3,(H,20,21). The highest BCUT2D eigenvalue weighted by Crippen LogP contribution is 2.24. The number of ether oxygens (including phenoxy) is 1. The van der Waals surface area contributed by atoms with E-state index in [1.807, 2.05) is 57.2 Å². The first-order valence-electron chi connectivity index (χ1n) is 7.25. The van der Waals surface area contributed by atoms with Gasteiger partial charge in [0.15, 0.2) is 0 Å². The third kappa shape index (κ3) is 4.60. The number of hydrogen-bond donors (Lipinski definition) is 1. The maximum Gasteiger partial charge on any atom is 0.255 e. The second-order valence-electron chi connectivity index (χ2n) is 5.48. The van der Waals surface area contributed by atoms with Gasteiger partial charge in [-0.1, -0.05) is 45.8 Å². The van der Waals surface area contributed by atoms with Gasteiger partial charge in [0, 0.05) is 11.0 Å². The summed E-state index contributed by atoms with van der Waals surface area (Å²) in [5.74, 6) is 0.456. The van der Waals surface area contributed by atoms with Crippen molar-refractivity contribution in [2.45, 2.75) is 33.4 Å². The minimum atomic E-state index is -0.141. The smallest absolute Gasteiger partial charge is 0.255 e. The molecule has 2 aromatic rings. The van der Waals surface area contributed by atoms with Gasteiger partial charge < -0.3 is 10.1 Å². The molecule has 0 fully saturated rings. The van der Waals surface area contributed by atoms with Crippen LogP contribution in [0.25, 0.3) is 0 Å². The molecule has 0 heterocycles. The summed E-state index contributed by atoms with van der Waals surface area (Å²) in [7, 11) is 0. The molecule has 2 aromatic carbocycles. The molecule has 1 N–H and O–H groups in total. The van der Waals surface area contributed by atoms with Crippen LogP contribution in [0.1, 0.15) is 35.3 Å². The molecule has 2 rings (SSSR count). The van der Waals surface area contributed by atoms with E-state index in [9.17, 15) is 4.79 Å². The summed E-state index contributed by atoms with van der Waals surface area (Å²) in [4.78, 5) is 12.4. The van der Waals surface area contributed by atoms with E-state index in [4.69, 9.17) is 4.74 Å². The number of hydrogen-bond acceptors (Lipinski definition) is 2. The minimum Gasteiger partial charge on any atom is -0.490 e. The highest BCUT2D eigenvalue weighted by molar-refractivity contribution is 9.10. The van der Waals surface area contributed by atoms with Crippen molar-refractivity contribution in [1.29, 1.82) is 0 Å². The first-order valence-corrected chi connectivity index (χ1v) is 8.05. The Kier molecular flexibility index (Phi) is 5.61. The summed E-state index contributed by atoms with van der Waals surface area (Å²) < 4.78 is 6.56. The lowest BCUT2D eigenvalue weighted by atomic mass is 10.1. The second kappa shape index (κ2) is 7.45. The van der Waals surface area contributed by atoms with Gasteiger partial charge in [0.25, 0.3) is 5.91 Å². The van der Waals surface area contributed by atoms with Gasteiger partial charge >= 0.3 is 0 Å². The van der Waals surface area contributed by atoms with Crippen molar-refractivity contribution in [3.8, 4) is 5.75 Å². The minimum absolute atomic E-state index is 0.0184. The van der Waals surface area contributed by atoms with Crippen LogP contribution in [0.3, 0.4) is 0 Å². The van der Waals surface area contributed by atoms with Gasteiger partial charge in [-0.15, -0.1) is 0 Å². The summed E-state index contributed by atoms with van der Waals surface area (Å²) in [5.41, 5.74) is 2.81. The number of benzene rings is 2.